The fourth-order valence-electron chi connectivity index (χ4n) is 2.31. The van der Waals surface area contributed by atoms with Gasteiger partial charge in [-0.2, -0.15) is 9.40 Å². The van der Waals surface area contributed by atoms with E-state index in [1.54, 1.807) is 4.31 Å². The first kappa shape index (κ1) is 12.6. The van der Waals surface area contributed by atoms with Gasteiger partial charge in [0, 0.05) is 13.1 Å². The molecule has 0 aromatic carbocycles. The van der Waals surface area contributed by atoms with Crippen LogP contribution < -0.4 is 0 Å². The first-order chi connectivity index (χ1) is 8.14. The molecule has 1 atom stereocenters. The highest BCUT2D eigenvalue weighted by atomic mass is 32.2. The van der Waals surface area contributed by atoms with Gasteiger partial charge < -0.3 is 0 Å². The second-order valence-corrected chi connectivity index (χ2v) is 6.44. The van der Waals surface area contributed by atoms with Gasteiger partial charge in [0.15, 0.2) is 5.03 Å². The standard InChI is InChI=1S/C11H19N3O2S/c1-2-10-4-3-8-14(9-6-10)17(15,16)11-5-7-12-13-11/h5,7,10H,2-4,6,8-9H2,1H3,(H,12,13). The maximum Gasteiger partial charge on any atom is 0.259 e. The van der Waals surface area contributed by atoms with Gasteiger partial charge in [0.1, 0.15) is 0 Å². The molecule has 2 heterocycles. The SMILES string of the molecule is CCC1CCCN(S(=O)(=O)c2ccn[nH]2)CC1. The second kappa shape index (κ2) is 5.18. The number of H-pyrrole nitrogens is 1. The van der Waals surface area contributed by atoms with Gasteiger partial charge in [0.05, 0.1) is 6.20 Å². The van der Waals surface area contributed by atoms with Crippen molar-refractivity contribution in [2.24, 2.45) is 5.92 Å². The fraction of sp³-hybridized carbons (Fsp3) is 0.727. The van der Waals surface area contributed by atoms with Crippen molar-refractivity contribution in [3.8, 4) is 0 Å². The van der Waals surface area contributed by atoms with Crippen LogP contribution in [0.15, 0.2) is 17.3 Å². The van der Waals surface area contributed by atoms with Crippen molar-refractivity contribution in [2.75, 3.05) is 13.1 Å². The average molecular weight is 257 g/mol. The number of nitrogens with one attached hydrogen (secondary N) is 1. The minimum Gasteiger partial charge on any atom is -0.266 e. The molecule has 6 heteroatoms. The summed E-state index contributed by atoms with van der Waals surface area (Å²) in [7, 11) is -3.36. The summed E-state index contributed by atoms with van der Waals surface area (Å²) in [6, 6.07) is 1.51. The zero-order valence-electron chi connectivity index (χ0n) is 10.1. The predicted octanol–water partition coefficient (Wildman–Crippen LogP) is 1.61. The van der Waals surface area contributed by atoms with Crippen LogP contribution in [0.1, 0.15) is 32.6 Å². The maximum absolute atomic E-state index is 12.3. The van der Waals surface area contributed by atoms with E-state index >= 15 is 0 Å². The molecule has 5 nitrogen and oxygen atoms in total. The lowest BCUT2D eigenvalue weighted by Crippen LogP contribution is -2.32. The van der Waals surface area contributed by atoms with Gasteiger partial charge in [-0.15, -0.1) is 0 Å². The molecule has 0 radical (unpaired) electrons. The van der Waals surface area contributed by atoms with E-state index in [2.05, 4.69) is 17.1 Å². The van der Waals surface area contributed by atoms with Crippen LogP contribution in [0.4, 0.5) is 0 Å². The minimum absolute atomic E-state index is 0.201. The first-order valence-corrected chi connectivity index (χ1v) is 7.58. The average Bonchev–Trinajstić information content (AvgIpc) is 2.74. The van der Waals surface area contributed by atoms with E-state index in [0.717, 1.165) is 25.7 Å². The van der Waals surface area contributed by atoms with Gasteiger partial charge in [-0.05, 0) is 31.2 Å². The largest absolute Gasteiger partial charge is 0.266 e. The third kappa shape index (κ3) is 2.69. The summed E-state index contributed by atoms with van der Waals surface area (Å²) in [5, 5.41) is 6.45. The van der Waals surface area contributed by atoms with Gasteiger partial charge in [-0.25, -0.2) is 8.42 Å². The van der Waals surface area contributed by atoms with E-state index < -0.39 is 10.0 Å². The Morgan fingerprint density at radius 2 is 2.29 bits per heavy atom. The second-order valence-electron chi connectivity index (χ2n) is 4.53. The van der Waals surface area contributed by atoms with Crippen molar-refractivity contribution in [1.29, 1.82) is 0 Å². The van der Waals surface area contributed by atoms with Gasteiger partial charge in [-0.1, -0.05) is 13.3 Å². The number of hydrogen-bond donors (Lipinski definition) is 1. The molecule has 1 fully saturated rings. The molecule has 1 unspecified atom stereocenters. The van der Waals surface area contributed by atoms with Crippen LogP contribution in [0.2, 0.25) is 0 Å². The molecule has 96 valence electrons. The van der Waals surface area contributed by atoms with Gasteiger partial charge in [-0.3, -0.25) is 5.10 Å². The van der Waals surface area contributed by atoms with Crippen molar-refractivity contribution in [3.05, 3.63) is 12.3 Å². The molecule has 0 aliphatic carbocycles. The Morgan fingerprint density at radius 1 is 1.47 bits per heavy atom. The third-order valence-electron chi connectivity index (χ3n) is 3.48. The summed E-state index contributed by atoms with van der Waals surface area (Å²) in [6.45, 7) is 3.42. The lowest BCUT2D eigenvalue weighted by Gasteiger charge is -2.18. The molecule has 0 bridgehead atoms. The van der Waals surface area contributed by atoms with Crippen LogP contribution in [-0.2, 0) is 10.0 Å². The Labute approximate surface area is 102 Å². The van der Waals surface area contributed by atoms with Crippen LogP contribution in [0.3, 0.4) is 0 Å². The van der Waals surface area contributed by atoms with E-state index in [-0.39, 0.29) is 5.03 Å². The maximum atomic E-state index is 12.3. The minimum atomic E-state index is -3.36. The molecule has 1 aromatic rings. The van der Waals surface area contributed by atoms with Crippen molar-refractivity contribution in [2.45, 2.75) is 37.6 Å². The third-order valence-corrected chi connectivity index (χ3v) is 5.31. The highest BCUT2D eigenvalue weighted by Gasteiger charge is 2.27. The molecule has 2 rings (SSSR count). The van der Waals surface area contributed by atoms with E-state index in [4.69, 9.17) is 0 Å². The Morgan fingerprint density at radius 3 is 2.94 bits per heavy atom. The lowest BCUT2D eigenvalue weighted by atomic mass is 9.98. The monoisotopic (exact) mass is 257 g/mol. The highest BCUT2D eigenvalue weighted by Crippen LogP contribution is 2.23. The summed E-state index contributed by atoms with van der Waals surface area (Å²) < 4.78 is 26.1. The first-order valence-electron chi connectivity index (χ1n) is 6.14. The molecule has 17 heavy (non-hydrogen) atoms. The molecular weight excluding hydrogens is 238 g/mol. The van der Waals surface area contributed by atoms with E-state index in [1.165, 1.54) is 12.3 Å². The molecule has 1 aliphatic rings. The Kier molecular flexibility index (Phi) is 3.83. The van der Waals surface area contributed by atoms with Crippen molar-refractivity contribution >= 4 is 10.0 Å². The van der Waals surface area contributed by atoms with Gasteiger partial charge in [0.2, 0.25) is 0 Å². The number of nitrogens with zero attached hydrogens (tertiary/aromatic N) is 2. The van der Waals surface area contributed by atoms with Crippen LogP contribution in [0.5, 0.6) is 0 Å². The summed E-state index contributed by atoms with van der Waals surface area (Å²) in [4.78, 5) is 0. The number of sulfonamides is 1. The van der Waals surface area contributed by atoms with Crippen LogP contribution in [0.25, 0.3) is 0 Å². The van der Waals surface area contributed by atoms with Crippen molar-refractivity contribution < 1.29 is 8.42 Å². The Hall–Kier alpha value is -0.880. The summed E-state index contributed by atoms with van der Waals surface area (Å²) in [5.41, 5.74) is 0. The summed E-state index contributed by atoms with van der Waals surface area (Å²) in [5.74, 6) is 0.664. The lowest BCUT2D eigenvalue weighted by molar-refractivity contribution is 0.406. The van der Waals surface area contributed by atoms with E-state index in [1.807, 2.05) is 0 Å². The Bertz CT molecular complexity index is 441. The smallest absolute Gasteiger partial charge is 0.259 e. The summed E-state index contributed by atoms with van der Waals surface area (Å²) in [6.07, 6.45) is 5.65. The Balaban J connectivity index is 2.12. The van der Waals surface area contributed by atoms with Crippen LogP contribution in [-0.4, -0.2) is 36.0 Å². The molecule has 1 saturated heterocycles. The quantitative estimate of drug-likeness (QED) is 0.894. The number of aromatic nitrogens is 2. The molecular formula is C11H19N3O2S. The molecule has 1 N–H and O–H groups in total. The molecule has 1 aromatic heterocycles. The van der Waals surface area contributed by atoms with Crippen molar-refractivity contribution in [1.82, 2.24) is 14.5 Å². The fourth-order valence-corrected chi connectivity index (χ4v) is 3.71. The predicted molar refractivity (Wildman–Crippen MR) is 65.0 cm³/mol. The highest BCUT2D eigenvalue weighted by molar-refractivity contribution is 7.89. The van der Waals surface area contributed by atoms with Gasteiger partial charge in [0.25, 0.3) is 10.0 Å². The zero-order chi connectivity index (χ0) is 12.3. The van der Waals surface area contributed by atoms with Crippen molar-refractivity contribution in [3.63, 3.8) is 0 Å². The number of rotatable bonds is 3. The van der Waals surface area contributed by atoms with Crippen LogP contribution in [0, 0.1) is 5.92 Å². The summed E-state index contributed by atoms with van der Waals surface area (Å²) >= 11 is 0. The normalized spacial score (nSPS) is 23.5. The topological polar surface area (TPSA) is 66.1 Å². The molecule has 0 saturated carbocycles. The molecule has 1 aliphatic heterocycles. The van der Waals surface area contributed by atoms with Crippen LogP contribution >= 0.6 is 0 Å². The van der Waals surface area contributed by atoms with E-state index in [0.29, 0.717) is 19.0 Å². The molecule has 0 amide bonds. The zero-order valence-corrected chi connectivity index (χ0v) is 10.9. The number of aromatic amines is 1. The van der Waals surface area contributed by atoms with Gasteiger partial charge >= 0.3 is 0 Å². The number of hydrogen-bond acceptors (Lipinski definition) is 3. The molecule has 0 spiro atoms. The van der Waals surface area contributed by atoms with E-state index in [9.17, 15) is 8.42 Å².